The molecule has 3 saturated carbocycles. The lowest BCUT2D eigenvalue weighted by molar-refractivity contribution is -0.0941. The van der Waals surface area contributed by atoms with Crippen LogP contribution in [0, 0.1) is 11.3 Å². The first kappa shape index (κ1) is 21.2. The number of carbonyl (C=O) groups is 1. The molecule has 2 N–H and O–H groups in total. The van der Waals surface area contributed by atoms with E-state index in [-0.39, 0.29) is 28.3 Å². The summed E-state index contributed by atoms with van der Waals surface area (Å²) in [6.45, 7) is 0.596. The normalized spacial score (nSPS) is 31.8. The van der Waals surface area contributed by atoms with E-state index in [1.165, 1.54) is 25.7 Å². The Morgan fingerprint density at radius 1 is 1.06 bits per heavy atom. The van der Waals surface area contributed by atoms with Gasteiger partial charge in [-0.2, -0.15) is 0 Å². The van der Waals surface area contributed by atoms with Crippen molar-refractivity contribution in [2.24, 2.45) is 11.3 Å². The van der Waals surface area contributed by atoms with E-state index in [4.69, 9.17) is 0 Å². The molecule has 33 heavy (non-hydrogen) atoms. The number of fused-ring (bicyclic) bond motifs is 1. The van der Waals surface area contributed by atoms with Crippen molar-refractivity contribution in [1.82, 2.24) is 14.8 Å². The summed E-state index contributed by atoms with van der Waals surface area (Å²) in [7, 11) is 2.25. The Morgan fingerprint density at radius 2 is 1.76 bits per heavy atom. The number of rotatable bonds is 4. The molecule has 2 aromatic rings. The highest BCUT2D eigenvalue weighted by atomic mass is 16.3. The summed E-state index contributed by atoms with van der Waals surface area (Å²) in [4.78, 5) is 29.6. The molecule has 5 aliphatic rings. The van der Waals surface area contributed by atoms with Gasteiger partial charge in [-0.1, -0.05) is 31.4 Å². The van der Waals surface area contributed by atoms with Gasteiger partial charge in [-0.15, -0.1) is 0 Å². The van der Waals surface area contributed by atoms with Crippen LogP contribution < -0.4 is 10.9 Å². The Balaban J connectivity index is 1.32. The van der Waals surface area contributed by atoms with Gasteiger partial charge in [-0.3, -0.25) is 9.59 Å². The number of para-hydroxylation sites is 1. The number of benzene rings is 1. The van der Waals surface area contributed by atoms with Gasteiger partial charge in [0.1, 0.15) is 11.3 Å². The SMILES string of the molecule is CN1C2CC3CC1CC(CNC(=O)c1c(O)c4ccccc4n(C4CCCCC4)c1=O)(C3)C2. The van der Waals surface area contributed by atoms with Crippen molar-refractivity contribution in [2.45, 2.75) is 82.3 Å². The molecule has 1 aromatic carbocycles. The third-order valence-corrected chi connectivity index (χ3v) is 9.30. The molecule has 5 fully saturated rings. The van der Waals surface area contributed by atoms with Crippen molar-refractivity contribution in [3.8, 4) is 5.75 Å². The van der Waals surface area contributed by atoms with Crippen LogP contribution in [0.15, 0.2) is 29.1 Å². The minimum absolute atomic E-state index is 0.0823. The highest BCUT2D eigenvalue weighted by molar-refractivity contribution is 6.02. The summed E-state index contributed by atoms with van der Waals surface area (Å²) >= 11 is 0. The fraction of sp³-hybridized carbons (Fsp3) is 0.630. The maximum absolute atomic E-state index is 13.6. The standard InChI is InChI=1S/C27H35N3O3/c1-29-19-11-17-12-20(29)15-27(13-17,14-19)16-28-25(32)23-24(31)21-9-5-6-10-22(21)30(26(23)33)18-7-3-2-4-8-18/h5-6,9-10,17-20,31H,2-4,7-8,11-16H2,1H3,(H,28,32). The van der Waals surface area contributed by atoms with Gasteiger partial charge in [0.05, 0.1) is 5.52 Å². The Morgan fingerprint density at radius 3 is 2.48 bits per heavy atom. The van der Waals surface area contributed by atoms with Crippen LogP contribution in [0.2, 0.25) is 0 Å². The van der Waals surface area contributed by atoms with Crippen molar-refractivity contribution >= 4 is 16.8 Å². The van der Waals surface area contributed by atoms with Crippen molar-refractivity contribution in [3.05, 3.63) is 40.2 Å². The van der Waals surface area contributed by atoms with E-state index in [1.54, 1.807) is 4.57 Å². The van der Waals surface area contributed by atoms with Crippen LogP contribution in [-0.4, -0.2) is 46.2 Å². The fourth-order valence-corrected chi connectivity index (χ4v) is 7.81. The predicted octanol–water partition coefficient (Wildman–Crippen LogP) is 4.21. The van der Waals surface area contributed by atoms with Crippen molar-refractivity contribution in [3.63, 3.8) is 0 Å². The molecule has 176 valence electrons. The van der Waals surface area contributed by atoms with Crippen LogP contribution in [0.3, 0.4) is 0 Å². The summed E-state index contributed by atoms with van der Waals surface area (Å²) < 4.78 is 1.79. The third kappa shape index (κ3) is 3.40. The average molecular weight is 450 g/mol. The minimum Gasteiger partial charge on any atom is -0.506 e. The van der Waals surface area contributed by atoms with Gasteiger partial charge < -0.3 is 19.9 Å². The van der Waals surface area contributed by atoms with Gasteiger partial charge in [0.15, 0.2) is 0 Å². The summed E-state index contributed by atoms with van der Waals surface area (Å²) in [5, 5.41) is 14.7. The van der Waals surface area contributed by atoms with Gasteiger partial charge in [0.2, 0.25) is 0 Å². The number of pyridine rings is 1. The molecule has 0 radical (unpaired) electrons. The van der Waals surface area contributed by atoms with E-state index in [2.05, 4.69) is 17.3 Å². The molecule has 7 rings (SSSR count). The highest BCUT2D eigenvalue weighted by Gasteiger charge is 2.53. The lowest BCUT2D eigenvalue weighted by Gasteiger charge is -2.61. The van der Waals surface area contributed by atoms with Crippen LogP contribution in [0.25, 0.3) is 10.9 Å². The molecule has 3 aliphatic carbocycles. The molecule has 1 aromatic heterocycles. The molecule has 2 unspecified atom stereocenters. The number of aromatic hydroxyl groups is 1. The van der Waals surface area contributed by atoms with Crippen molar-refractivity contribution < 1.29 is 9.90 Å². The molecule has 0 spiro atoms. The minimum atomic E-state index is -0.420. The molecular weight excluding hydrogens is 414 g/mol. The van der Waals surface area contributed by atoms with Crippen LogP contribution in [0.1, 0.15) is 80.6 Å². The van der Waals surface area contributed by atoms with Crippen molar-refractivity contribution in [2.75, 3.05) is 13.6 Å². The number of aromatic nitrogens is 1. The number of nitrogens with zero attached hydrogens (tertiary/aromatic N) is 2. The summed E-state index contributed by atoms with van der Waals surface area (Å²) in [6.07, 6.45) is 11.2. The van der Waals surface area contributed by atoms with Crippen LogP contribution >= 0.6 is 0 Å². The summed E-state index contributed by atoms with van der Waals surface area (Å²) in [6, 6.07) is 8.77. The maximum atomic E-state index is 13.6. The number of nitrogens with one attached hydrogen (secondary N) is 1. The van der Waals surface area contributed by atoms with Gasteiger partial charge in [-0.25, -0.2) is 0 Å². The molecule has 2 atom stereocenters. The molecule has 1 amide bonds. The van der Waals surface area contributed by atoms with Crippen molar-refractivity contribution in [1.29, 1.82) is 0 Å². The first-order valence-electron chi connectivity index (χ1n) is 12.8. The van der Waals surface area contributed by atoms with E-state index < -0.39 is 5.91 Å². The van der Waals surface area contributed by atoms with Gasteiger partial charge in [0, 0.05) is 30.1 Å². The lowest BCUT2D eigenvalue weighted by atomic mass is 9.55. The Hall–Kier alpha value is -2.34. The smallest absolute Gasteiger partial charge is 0.267 e. The van der Waals surface area contributed by atoms with Gasteiger partial charge in [-0.05, 0) is 75.5 Å². The molecule has 3 heterocycles. The van der Waals surface area contributed by atoms with Gasteiger partial charge >= 0.3 is 0 Å². The molecule has 6 nitrogen and oxygen atoms in total. The molecule has 2 aliphatic heterocycles. The first-order valence-corrected chi connectivity index (χ1v) is 12.8. The summed E-state index contributed by atoms with van der Waals surface area (Å²) in [5.74, 6) is 0.163. The lowest BCUT2D eigenvalue weighted by Crippen LogP contribution is -2.62. The second-order valence-corrected chi connectivity index (χ2v) is 11.3. The van der Waals surface area contributed by atoms with E-state index in [0.717, 1.165) is 50.0 Å². The number of carbonyl (C=O) groups excluding carboxylic acids is 1. The van der Waals surface area contributed by atoms with E-state index >= 15 is 0 Å². The van der Waals surface area contributed by atoms with Crippen LogP contribution in [0.4, 0.5) is 0 Å². The zero-order valence-corrected chi connectivity index (χ0v) is 19.6. The largest absolute Gasteiger partial charge is 0.506 e. The predicted molar refractivity (Wildman–Crippen MR) is 129 cm³/mol. The van der Waals surface area contributed by atoms with Crippen LogP contribution in [-0.2, 0) is 0 Å². The quantitative estimate of drug-likeness (QED) is 0.734. The molecule has 4 bridgehead atoms. The summed E-state index contributed by atoms with van der Waals surface area (Å²) in [5.41, 5.74) is 0.433. The molecular formula is C27H35N3O3. The number of piperidine rings is 2. The third-order valence-electron chi connectivity index (χ3n) is 9.30. The topological polar surface area (TPSA) is 74.6 Å². The van der Waals surface area contributed by atoms with E-state index in [9.17, 15) is 14.7 Å². The van der Waals surface area contributed by atoms with Gasteiger partial charge in [0.25, 0.3) is 11.5 Å². The fourth-order valence-electron chi connectivity index (χ4n) is 7.81. The first-order chi connectivity index (χ1) is 16.0. The van der Waals surface area contributed by atoms with Crippen LogP contribution in [0.5, 0.6) is 5.75 Å². The second-order valence-electron chi connectivity index (χ2n) is 11.3. The Labute approximate surface area is 195 Å². The number of hydrogen-bond acceptors (Lipinski definition) is 4. The maximum Gasteiger partial charge on any atom is 0.267 e. The van der Waals surface area contributed by atoms with E-state index in [1.807, 2.05) is 24.3 Å². The highest BCUT2D eigenvalue weighted by Crippen LogP contribution is 2.55. The molecule has 2 saturated heterocycles. The number of hydrogen-bond donors (Lipinski definition) is 2. The number of amides is 1. The zero-order valence-electron chi connectivity index (χ0n) is 19.6. The average Bonchev–Trinajstić information content (AvgIpc) is 2.81. The second kappa shape index (κ2) is 7.86. The van der Waals surface area contributed by atoms with E-state index in [0.29, 0.717) is 24.0 Å². The zero-order chi connectivity index (χ0) is 22.7. The monoisotopic (exact) mass is 449 g/mol. The Kier molecular flexibility index (Phi) is 5.05. The Bertz CT molecular complexity index is 1130. The molecule has 6 heteroatoms.